The lowest BCUT2D eigenvalue weighted by Crippen LogP contribution is -2.24. The molecule has 0 atom stereocenters. The summed E-state index contributed by atoms with van der Waals surface area (Å²) < 4.78 is 25.9. The zero-order chi connectivity index (χ0) is 14.5. The lowest BCUT2D eigenvalue weighted by atomic mass is 10.2. The van der Waals surface area contributed by atoms with E-state index in [1.807, 2.05) is 0 Å². The van der Waals surface area contributed by atoms with E-state index in [4.69, 9.17) is 10.8 Å². The van der Waals surface area contributed by atoms with Crippen LogP contribution in [-0.4, -0.2) is 31.9 Å². The summed E-state index contributed by atoms with van der Waals surface area (Å²) in [7, 11) is -3.68. The van der Waals surface area contributed by atoms with Crippen molar-refractivity contribution in [2.75, 3.05) is 6.54 Å². The van der Waals surface area contributed by atoms with Crippen LogP contribution in [-0.2, 0) is 14.8 Å². The molecule has 1 heterocycles. The first-order chi connectivity index (χ1) is 8.83. The highest BCUT2D eigenvalue weighted by atomic mass is 32.2. The van der Waals surface area contributed by atoms with Gasteiger partial charge in [-0.2, -0.15) is 0 Å². The van der Waals surface area contributed by atoms with Crippen molar-refractivity contribution in [1.82, 2.24) is 4.72 Å². The van der Waals surface area contributed by atoms with Crippen LogP contribution in [0.2, 0.25) is 0 Å². The molecule has 0 spiro atoms. The third-order valence-corrected chi connectivity index (χ3v) is 5.13. The van der Waals surface area contributed by atoms with Gasteiger partial charge >= 0.3 is 5.97 Å². The minimum Gasteiger partial charge on any atom is -0.478 e. The van der Waals surface area contributed by atoms with Crippen molar-refractivity contribution in [3.05, 3.63) is 17.0 Å². The van der Waals surface area contributed by atoms with Crippen LogP contribution in [0, 0.1) is 0 Å². The van der Waals surface area contributed by atoms with Crippen LogP contribution in [0.15, 0.2) is 15.7 Å². The van der Waals surface area contributed by atoms with Gasteiger partial charge in [0.2, 0.25) is 15.9 Å². The average molecular weight is 306 g/mol. The molecule has 0 unspecified atom stereocenters. The van der Waals surface area contributed by atoms with Crippen LogP contribution in [0.3, 0.4) is 0 Å². The van der Waals surface area contributed by atoms with Crippen molar-refractivity contribution in [2.24, 2.45) is 5.73 Å². The van der Waals surface area contributed by atoms with Gasteiger partial charge < -0.3 is 10.8 Å². The molecule has 1 rings (SSSR count). The second-order valence-corrected chi connectivity index (χ2v) is 6.69. The maximum atomic E-state index is 11.8. The largest absolute Gasteiger partial charge is 0.478 e. The van der Waals surface area contributed by atoms with Crippen molar-refractivity contribution in [1.29, 1.82) is 0 Å². The molecule has 0 saturated carbocycles. The number of carboxylic acids is 1. The van der Waals surface area contributed by atoms with E-state index < -0.39 is 21.9 Å². The second kappa shape index (κ2) is 6.64. The van der Waals surface area contributed by atoms with Gasteiger partial charge in [-0.3, -0.25) is 4.79 Å². The fraction of sp³-hybridized carbons (Fsp3) is 0.400. The summed E-state index contributed by atoms with van der Waals surface area (Å²) >= 11 is 0.848. The Hall–Kier alpha value is -1.45. The number of sulfonamides is 1. The number of thiophene rings is 1. The van der Waals surface area contributed by atoms with Crippen LogP contribution in [0.25, 0.3) is 0 Å². The highest BCUT2D eigenvalue weighted by Gasteiger charge is 2.18. The zero-order valence-electron chi connectivity index (χ0n) is 9.96. The Morgan fingerprint density at radius 2 is 2.05 bits per heavy atom. The topological polar surface area (TPSA) is 127 Å². The van der Waals surface area contributed by atoms with Crippen LogP contribution < -0.4 is 10.5 Å². The third-order valence-electron chi connectivity index (χ3n) is 2.23. The summed E-state index contributed by atoms with van der Waals surface area (Å²) in [4.78, 5) is 21.1. The molecule has 0 saturated heterocycles. The molecule has 1 aromatic rings. The quantitative estimate of drug-likeness (QED) is 0.598. The van der Waals surface area contributed by atoms with E-state index in [9.17, 15) is 18.0 Å². The predicted octanol–water partition coefficient (Wildman–Crippen LogP) is 0.380. The van der Waals surface area contributed by atoms with Crippen LogP contribution in [0.5, 0.6) is 0 Å². The number of nitrogens with one attached hydrogen (secondary N) is 1. The maximum Gasteiger partial charge on any atom is 0.336 e. The number of carbonyl (C=O) groups excluding carboxylic acids is 1. The molecule has 7 nitrogen and oxygen atoms in total. The molecular weight excluding hydrogens is 292 g/mol. The number of unbranched alkanes of at least 4 members (excludes halogenated alkanes) is 1. The fourth-order valence-electron chi connectivity index (χ4n) is 1.27. The first-order valence-electron chi connectivity index (χ1n) is 5.43. The molecule has 0 aliphatic rings. The first kappa shape index (κ1) is 15.6. The summed E-state index contributed by atoms with van der Waals surface area (Å²) in [6, 6.07) is 1.11. The summed E-state index contributed by atoms with van der Waals surface area (Å²) in [6.45, 7) is 0.177. The van der Waals surface area contributed by atoms with Crippen molar-refractivity contribution in [3.63, 3.8) is 0 Å². The summed E-state index contributed by atoms with van der Waals surface area (Å²) in [5.74, 6) is -1.59. The minimum absolute atomic E-state index is 0.0419. The Bertz CT molecular complexity index is 564. The van der Waals surface area contributed by atoms with E-state index >= 15 is 0 Å². The van der Waals surface area contributed by atoms with Gasteiger partial charge in [0.05, 0.1) is 5.56 Å². The van der Waals surface area contributed by atoms with Gasteiger partial charge in [-0.25, -0.2) is 17.9 Å². The number of aromatic carboxylic acids is 1. The lowest BCUT2D eigenvalue weighted by Gasteiger charge is -2.03. The van der Waals surface area contributed by atoms with Crippen LogP contribution >= 0.6 is 11.3 Å². The van der Waals surface area contributed by atoms with Gasteiger partial charge in [0.25, 0.3) is 0 Å². The predicted molar refractivity (Wildman–Crippen MR) is 69.5 cm³/mol. The lowest BCUT2D eigenvalue weighted by molar-refractivity contribution is -0.118. The van der Waals surface area contributed by atoms with Gasteiger partial charge in [0.15, 0.2) is 0 Å². The van der Waals surface area contributed by atoms with Gasteiger partial charge in [-0.05, 0) is 18.9 Å². The average Bonchev–Trinajstić information content (AvgIpc) is 2.77. The maximum absolute atomic E-state index is 11.8. The number of carboxylic acid groups (broad SMARTS) is 1. The molecule has 1 aromatic heterocycles. The normalized spacial score (nSPS) is 11.4. The number of hydrogen-bond acceptors (Lipinski definition) is 5. The molecular formula is C10H14N2O5S2. The van der Waals surface area contributed by atoms with E-state index in [0.29, 0.717) is 12.8 Å². The molecule has 0 aliphatic heterocycles. The summed E-state index contributed by atoms with van der Waals surface area (Å²) in [5.41, 5.74) is 4.89. The third kappa shape index (κ3) is 4.97. The molecule has 19 heavy (non-hydrogen) atoms. The number of hydrogen-bond donors (Lipinski definition) is 3. The van der Waals surface area contributed by atoms with Crippen LogP contribution in [0.1, 0.15) is 29.6 Å². The number of primary amides is 1. The molecule has 4 N–H and O–H groups in total. The smallest absolute Gasteiger partial charge is 0.336 e. The zero-order valence-corrected chi connectivity index (χ0v) is 11.6. The van der Waals surface area contributed by atoms with Crippen molar-refractivity contribution >= 4 is 33.2 Å². The summed E-state index contributed by atoms with van der Waals surface area (Å²) in [6.07, 6.45) is 1.20. The molecule has 9 heteroatoms. The summed E-state index contributed by atoms with van der Waals surface area (Å²) in [5, 5.41) is 9.98. The Morgan fingerprint density at radius 1 is 1.37 bits per heavy atom. The molecule has 106 valence electrons. The van der Waals surface area contributed by atoms with E-state index in [1.54, 1.807) is 0 Å². The van der Waals surface area contributed by atoms with Crippen molar-refractivity contribution in [2.45, 2.75) is 23.5 Å². The standard InChI is InChI=1S/C10H14N2O5S2/c11-8(13)3-1-2-4-12-19(16,17)9-5-7(6-18-9)10(14)15/h5-6,12H,1-4H2,(H2,11,13)(H,14,15). The molecule has 0 radical (unpaired) electrons. The van der Waals surface area contributed by atoms with Crippen molar-refractivity contribution < 1.29 is 23.1 Å². The molecule has 0 aromatic carbocycles. The van der Waals surface area contributed by atoms with Crippen LogP contribution in [0.4, 0.5) is 0 Å². The number of rotatable bonds is 8. The van der Waals surface area contributed by atoms with E-state index in [2.05, 4.69) is 4.72 Å². The monoisotopic (exact) mass is 306 g/mol. The molecule has 1 amide bonds. The highest BCUT2D eigenvalue weighted by Crippen LogP contribution is 2.20. The van der Waals surface area contributed by atoms with Gasteiger partial charge in [-0.1, -0.05) is 0 Å². The number of nitrogens with two attached hydrogens (primary N) is 1. The Morgan fingerprint density at radius 3 is 2.58 bits per heavy atom. The van der Waals surface area contributed by atoms with E-state index in [1.165, 1.54) is 5.38 Å². The molecule has 0 fully saturated rings. The first-order valence-corrected chi connectivity index (χ1v) is 7.79. The second-order valence-electron chi connectivity index (χ2n) is 3.78. The highest BCUT2D eigenvalue weighted by molar-refractivity contribution is 7.91. The van der Waals surface area contributed by atoms with Gasteiger partial charge in [0, 0.05) is 18.3 Å². The SMILES string of the molecule is NC(=O)CCCCNS(=O)(=O)c1cc(C(=O)O)cs1. The fourth-order valence-corrected chi connectivity index (χ4v) is 3.54. The number of carbonyl (C=O) groups is 2. The molecule has 0 bridgehead atoms. The van der Waals surface area contributed by atoms with E-state index in [-0.39, 0.29) is 22.7 Å². The Kier molecular flexibility index (Phi) is 5.45. The molecule has 0 aliphatic carbocycles. The minimum atomic E-state index is -3.68. The van der Waals surface area contributed by atoms with E-state index in [0.717, 1.165) is 17.4 Å². The Labute approximate surface area is 114 Å². The van der Waals surface area contributed by atoms with Gasteiger partial charge in [0.1, 0.15) is 4.21 Å². The van der Waals surface area contributed by atoms with Gasteiger partial charge in [-0.15, -0.1) is 11.3 Å². The Balaban J connectivity index is 2.51. The van der Waals surface area contributed by atoms with Crippen molar-refractivity contribution in [3.8, 4) is 0 Å². The number of amides is 1.